The number of nitrogens with one attached hydrogen (secondary N) is 6. The topological polar surface area (TPSA) is 318 Å². The molecule has 0 atom stereocenters. The van der Waals surface area contributed by atoms with Crippen molar-refractivity contribution in [3.8, 4) is 17.1 Å². The summed E-state index contributed by atoms with van der Waals surface area (Å²) in [7, 11) is 0. The number of halogens is 3. The third-order valence-corrected chi connectivity index (χ3v) is 14.1. The van der Waals surface area contributed by atoms with Crippen LogP contribution in [0, 0.1) is 0 Å². The first kappa shape index (κ1) is 66.0. The molecular weight excluding hydrogens is 1290 g/mol. The Morgan fingerprint density at radius 1 is 0.302 bits per heavy atom. The molecule has 474 valence electrons. The lowest BCUT2D eigenvalue weighted by molar-refractivity contribution is 0.100. The van der Waals surface area contributed by atoms with Gasteiger partial charge in [0, 0.05) is 114 Å². The molecule has 0 unspecified atom stereocenters. The van der Waals surface area contributed by atoms with Crippen molar-refractivity contribution < 1.29 is 28.8 Å². The molecule has 0 aliphatic carbocycles. The number of benzene rings is 3. The molecule has 96 heavy (non-hydrogen) atoms. The Kier molecular flexibility index (Phi) is 21.6. The fourth-order valence-corrected chi connectivity index (χ4v) is 9.11. The van der Waals surface area contributed by atoms with Gasteiger partial charge in [-0.25, -0.2) is 19.9 Å². The third kappa shape index (κ3) is 17.4. The summed E-state index contributed by atoms with van der Waals surface area (Å²) in [6.45, 7) is 0. The second-order valence-corrected chi connectivity index (χ2v) is 21.2. The lowest BCUT2D eigenvalue weighted by atomic mass is 10.2. The van der Waals surface area contributed by atoms with Crippen molar-refractivity contribution >= 4 is 105 Å². The molecule has 27 heteroatoms. The third-order valence-electron chi connectivity index (χ3n) is 13.5. The van der Waals surface area contributed by atoms with Crippen molar-refractivity contribution in [3.63, 3.8) is 0 Å². The molecule has 12 aromatic rings. The van der Waals surface area contributed by atoms with Gasteiger partial charge in [0.1, 0.15) is 22.9 Å². The highest BCUT2D eigenvalue weighted by molar-refractivity contribution is 6.31. The van der Waals surface area contributed by atoms with Gasteiger partial charge in [-0.2, -0.15) is 0 Å². The second kappa shape index (κ2) is 31.4. The molecule has 0 saturated heterocycles. The van der Waals surface area contributed by atoms with Gasteiger partial charge in [0.05, 0.1) is 49.3 Å². The van der Waals surface area contributed by atoms with Crippen LogP contribution >= 0.6 is 34.8 Å². The summed E-state index contributed by atoms with van der Waals surface area (Å²) in [6.07, 6.45) is 16.2. The molecule has 0 fully saturated rings. The maximum Gasteiger partial charge on any atom is 0.275 e. The molecule has 0 bridgehead atoms. The van der Waals surface area contributed by atoms with E-state index in [2.05, 4.69) is 61.8 Å². The zero-order chi connectivity index (χ0) is 67.5. The maximum absolute atomic E-state index is 12.8. The van der Waals surface area contributed by atoms with E-state index in [4.69, 9.17) is 34.8 Å². The Bertz CT molecular complexity index is 4500. The molecule has 3 aromatic carbocycles. The predicted octanol–water partition coefficient (Wildman–Crippen LogP) is 11.4. The summed E-state index contributed by atoms with van der Waals surface area (Å²) < 4.78 is 4.48. The lowest BCUT2D eigenvalue weighted by Gasteiger charge is -2.11. The zero-order valence-electron chi connectivity index (χ0n) is 49.6. The number of rotatable bonds is 15. The monoisotopic (exact) mass is 1340 g/mol. The van der Waals surface area contributed by atoms with Crippen LogP contribution in [0.2, 0.25) is 15.1 Å². The average Bonchev–Trinajstić information content (AvgIpc) is 0.916. The molecule has 0 spiro atoms. The summed E-state index contributed by atoms with van der Waals surface area (Å²) in [6, 6.07) is 50.3. The Labute approximate surface area is 559 Å². The van der Waals surface area contributed by atoms with E-state index < -0.39 is 35.4 Å². The van der Waals surface area contributed by atoms with Crippen molar-refractivity contribution in [1.29, 1.82) is 0 Å². The van der Waals surface area contributed by atoms with E-state index in [0.717, 1.165) is 0 Å². The molecule has 9 aromatic heterocycles. The standard InChI is InChI=1S/3C23H16ClN5O3/c24-15-6-11-19(26-14-15)23(32)28-21-18(4-3-12-25-21)22(31)27-16-7-9-17(10-8-16)29-13-2-1-5-20(29)30;24-15-4-9-20(26-13-15)23(32)28-19-10-11-25-14-18(19)22(31)27-16-5-7-17(8-6-16)29-12-2-1-3-21(29)30;24-15-4-9-19(26-13-15)23(32)28-20-14-25-11-10-18(20)22(31)27-16-5-7-17(8-6-16)29-12-2-1-3-21(29)30/h2*1-14H,(H,27,31)(H,25,28,32);1-14H,(H,27,31)(H,28,32). The molecule has 0 saturated carbocycles. The van der Waals surface area contributed by atoms with Crippen LogP contribution in [0.4, 0.5) is 34.3 Å². The number of nitrogens with zero attached hydrogens (tertiary/aromatic N) is 9. The van der Waals surface area contributed by atoms with Crippen LogP contribution in [-0.4, -0.2) is 79.0 Å². The van der Waals surface area contributed by atoms with Gasteiger partial charge in [0.2, 0.25) is 0 Å². The van der Waals surface area contributed by atoms with Crippen LogP contribution < -0.4 is 48.6 Å². The summed E-state index contributed by atoms with van der Waals surface area (Å²) in [5, 5.41) is 17.4. The first-order valence-corrected chi connectivity index (χ1v) is 29.6. The van der Waals surface area contributed by atoms with Gasteiger partial charge >= 0.3 is 0 Å². The number of anilines is 6. The fraction of sp³-hybridized carbons (Fsp3) is 0. The van der Waals surface area contributed by atoms with Crippen LogP contribution in [0.1, 0.15) is 62.5 Å². The minimum atomic E-state index is -0.521. The first-order chi connectivity index (χ1) is 46.5. The number of pyridine rings is 9. The summed E-state index contributed by atoms with van der Waals surface area (Å²) in [5.74, 6) is -2.76. The number of aromatic nitrogens is 9. The van der Waals surface area contributed by atoms with E-state index in [0.29, 0.717) is 49.2 Å². The van der Waals surface area contributed by atoms with Gasteiger partial charge < -0.3 is 31.9 Å². The average molecular weight is 1340 g/mol. The number of carbonyl (C=O) groups is 6. The van der Waals surface area contributed by atoms with Crippen LogP contribution in [0.25, 0.3) is 17.1 Å². The highest BCUT2D eigenvalue weighted by Crippen LogP contribution is 2.23. The van der Waals surface area contributed by atoms with E-state index in [1.54, 1.807) is 158 Å². The SMILES string of the molecule is O=C(Nc1ccncc1C(=O)Nc1ccc(-n2ccccc2=O)cc1)c1ccc(Cl)cn1.O=C(Nc1cnccc1C(=O)Nc1ccc(-n2ccccc2=O)cc1)c1ccc(Cl)cn1.O=C(Nc1ncccc1C(=O)Nc1ccc(-n2ccccc2=O)cc1)c1ccc(Cl)cn1. The molecule has 12 rings (SSSR count). The summed E-state index contributed by atoms with van der Waals surface area (Å²) in [5.41, 5.74) is 4.63. The van der Waals surface area contributed by atoms with Gasteiger partial charge in [-0.05, 0) is 152 Å². The van der Waals surface area contributed by atoms with Crippen LogP contribution in [0.15, 0.2) is 271 Å². The van der Waals surface area contributed by atoms with Gasteiger partial charge in [-0.1, -0.05) is 53.0 Å². The number of carbonyl (C=O) groups excluding carboxylic acids is 6. The number of amides is 6. The Morgan fingerprint density at radius 3 is 1.10 bits per heavy atom. The van der Waals surface area contributed by atoms with Crippen molar-refractivity contribution in [2.75, 3.05) is 31.9 Å². The molecule has 6 amide bonds. The van der Waals surface area contributed by atoms with E-state index >= 15 is 0 Å². The fourth-order valence-electron chi connectivity index (χ4n) is 8.77. The molecule has 0 aliphatic rings. The van der Waals surface area contributed by atoms with Crippen LogP contribution in [0.3, 0.4) is 0 Å². The van der Waals surface area contributed by atoms with Gasteiger partial charge in [0.15, 0.2) is 0 Å². The molecular formula is C69H48Cl3N15O9. The molecule has 6 N–H and O–H groups in total. The predicted molar refractivity (Wildman–Crippen MR) is 364 cm³/mol. The van der Waals surface area contributed by atoms with Crippen molar-refractivity contribution in [2.45, 2.75) is 0 Å². The highest BCUT2D eigenvalue weighted by atomic mass is 35.5. The maximum atomic E-state index is 12.8. The lowest BCUT2D eigenvalue weighted by Crippen LogP contribution is -2.20. The van der Waals surface area contributed by atoms with Gasteiger partial charge in [0.25, 0.3) is 52.1 Å². The van der Waals surface area contributed by atoms with Crippen molar-refractivity contribution in [2.24, 2.45) is 0 Å². The second-order valence-electron chi connectivity index (χ2n) is 19.9. The zero-order valence-corrected chi connectivity index (χ0v) is 51.8. The molecule has 24 nitrogen and oxygen atoms in total. The number of hydrogen-bond donors (Lipinski definition) is 6. The van der Waals surface area contributed by atoms with E-state index in [9.17, 15) is 43.2 Å². The largest absolute Gasteiger partial charge is 0.322 e. The Hall–Kier alpha value is -12.9. The van der Waals surface area contributed by atoms with Crippen LogP contribution in [0.5, 0.6) is 0 Å². The van der Waals surface area contributed by atoms with Crippen LogP contribution in [-0.2, 0) is 0 Å². The van der Waals surface area contributed by atoms with Gasteiger partial charge in [-0.3, -0.25) is 66.8 Å². The summed E-state index contributed by atoms with van der Waals surface area (Å²) in [4.78, 5) is 136. The van der Waals surface area contributed by atoms with E-state index in [1.807, 2.05) is 0 Å². The Balaban J connectivity index is 0.000000157. The minimum Gasteiger partial charge on any atom is -0.322 e. The molecule has 0 radical (unpaired) electrons. The minimum absolute atomic E-state index is 0.0965. The number of hydrogen-bond acceptors (Lipinski definition) is 15. The Morgan fingerprint density at radius 2 is 0.688 bits per heavy atom. The normalized spacial score (nSPS) is 10.4. The summed E-state index contributed by atoms with van der Waals surface area (Å²) >= 11 is 17.4. The molecule has 0 aliphatic heterocycles. The van der Waals surface area contributed by atoms with Crippen molar-refractivity contribution in [3.05, 3.63) is 336 Å². The van der Waals surface area contributed by atoms with Crippen molar-refractivity contribution in [1.82, 2.24) is 43.6 Å². The van der Waals surface area contributed by atoms with E-state index in [1.165, 1.54) is 112 Å². The first-order valence-electron chi connectivity index (χ1n) is 28.4. The highest BCUT2D eigenvalue weighted by Gasteiger charge is 2.20. The quantitative estimate of drug-likeness (QED) is 0.0556. The molecule has 9 heterocycles. The van der Waals surface area contributed by atoms with Gasteiger partial charge in [-0.15, -0.1) is 0 Å². The smallest absolute Gasteiger partial charge is 0.275 e. The van der Waals surface area contributed by atoms with E-state index in [-0.39, 0.29) is 67.6 Å².